The van der Waals surface area contributed by atoms with Crippen LogP contribution in [0.5, 0.6) is 11.5 Å². The van der Waals surface area contributed by atoms with Crippen molar-refractivity contribution in [3.63, 3.8) is 0 Å². The van der Waals surface area contributed by atoms with Crippen LogP contribution in [0.4, 0.5) is 11.5 Å². The van der Waals surface area contributed by atoms with E-state index in [0.717, 1.165) is 59.4 Å². The van der Waals surface area contributed by atoms with Crippen LogP contribution in [0.25, 0.3) is 10.9 Å². The first-order valence-corrected chi connectivity index (χ1v) is 10.9. The molecule has 7 heteroatoms. The lowest BCUT2D eigenvalue weighted by molar-refractivity contribution is 0.355. The number of hydrogen-bond acceptors (Lipinski definition) is 6. The monoisotopic (exact) mass is 440 g/mol. The highest BCUT2D eigenvalue weighted by molar-refractivity contribution is 6.33. The Morgan fingerprint density at radius 1 is 0.871 bits per heavy atom. The summed E-state index contributed by atoms with van der Waals surface area (Å²) in [5.74, 6) is 3.10. The Hall–Kier alpha value is -2.73. The minimum absolute atomic E-state index is 0.171. The van der Waals surface area contributed by atoms with Crippen LogP contribution in [0.3, 0.4) is 0 Å². The molecule has 6 nitrogen and oxygen atoms in total. The first kappa shape index (κ1) is 21.5. The molecule has 2 heterocycles. The van der Waals surface area contributed by atoms with E-state index in [0.29, 0.717) is 11.5 Å². The smallest absolute Gasteiger partial charge is 0.162 e. The molecule has 0 atom stereocenters. The molecule has 164 valence electrons. The number of anilines is 2. The average Bonchev–Trinajstić information content (AvgIpc) is 2.77. The number of ether oxygens (including phenoxy) is 2. The predicted molar refractivity (Wildman–Crippen MR) is 127 cm³/mol. The van der Waals surface area contributed by atoms with Crippen molar-refractivity contribution in [2.24, 2.45) is 0 Å². The lowest BCUT2D eigenvalue weighted by atomic mass is 9.95. The highest BCUT2D eigenvalue weighted by Gasteiger charge is 2.26. The van der Waals surface area contributed by atoms with Crippen molar-refractivity contribution in [1.29, 1.82) is 0 Å². The fourth-order valence-electron chi connectivity index (χ4n) is 3.88. The molecule has 2 aromatic carbocycles. The van der Waals surface area contributed by atoms with E-state index in [-0.39, 0.29) is 5.41 Å². The minimum Gasteiger partial charge on any atom is -0.493 e. The number of piperazine rings is 1. The summed E-state index contributed by atoms with van der Waals surface area (Å²) in [7, 11) is 3.29. The second-order valence-corrected chi connectivity index (χ2v) is 9.18. The third-order valence-electron chi connectivity index (χ3n) is 5.62. The lowest BCUT2D eigenvalue weighted by Gasteiger charge is -2.37. The summed E-state index contributed by atoms with van der Waals surface area (Å²) >= 11 is 6.42. The lowest BCUT2D eigenvalue weighted by Crippen LogP contribution is -2.47. The molecule has 3 aromatic rings. The second kappa shape index (κ2) is 8.42. The molecule has 0 radical (unpaired) electrons. The van der Waals surface area contributed by atoms with Crippen molar-refractivity contribution in [3.8, 4) is 11.5 Å². The molecule has 0 amide bonds. The summed E-state index contributed by atoms with van der Waals surface area (Å²) in [5.41, 5.74) is 1.77. The van der Waals surface area contributed by atoms with Gasteiger partial charge in [-0.05, 0) is 18.2 Å². The highest BCUT2D eigenvalue weighted by atomic mass is 35.5. The third-order valence-corrected chi connectivity index (χ3v) is 5.94. The quantitative estimate of drug-likeness (QED) is 0.573. The van der Waals surface area contributed by atoms with Gasteiger partial charge >= 0.3 is 0 Å². The van der Waals surface area contributed by atoms with Crippen LogP contribution >= 0.6 is 11.6 Å². The summed E-state index contributed by atoms with van der Waals surface area (Å²) in [6.45, 7) is 9.82. The van der Waals surface area contributed by atoms with E-state index in [1.165, 1.54) is 0 Å². The fourth-order valence-corrected chi connectivity index (χ4v) is 4.14. The van der Waals surface area contributed by atoms with Crippen molar-refractivity contribution >= 4 is 34.0 Å². The molecular weight excluding hydrogens is 412 g/mol. The number of para-hydroxylation sites is 1. The van der Waals surface area contributed by atoms with Gasteiger partial charge < -0.3 is 19.3 Å². The molecule has 1 aliphatic heterocycles. The number of methoxy groups -OCH3 is 2. The third kappa shape index (κ3) is 4.22. The number of fused-ring (bicyclic) bond motifs is 1. The topological polar surface area (TPSA) is 50.7 Å². The SMILES string of the molecule is COc1cc2nc(C(C)(C)C)nc(N3CCN(c4ccccc4Cl)CC3)c2cc1OC. The van der Waals surface area contributed by atoms with Gasteiger partial charge in [0.05, 0.1) is 30.4 Å². The van der Waals surface area contributed by atoms with Crippen LogP contribution in [-0.4, -0.2) is 50.4 Å². The Morgan fingerprint density at radius 2 is 1.48 bits per heavy atom. The summed E-state index contributed by atoms with van der Waals surface area (Å²) in [6.07, 6.45) is 0. The Balaban J connectivity index is 1.73. The number of hydrogen-bond donors (Lipinski definition) is 0. The molecule has 31 heavy (non-hydrogen) atoms. The van der Waals surface area contributed by atoms with Crippen LogP contribution in [0, 0.1) is 0 Å². The van der Waals surface area contributed by atoms with Gasteiger partial charge in [0.15, 0.2) is 11.5 Å². The summed E-state index contributed by atoms with van der Waals surface area (Å²) in [4.78, 5) is 14.5. The zero-order valence-electron chi connectivity index (χ0n) is 18.8. The van der Waals surface area contributed by atoms with Crippen LogP contribution < -0.4 is 19.3 Å². The Kier molecular flexibility index (Phi) is 5.84. The maximum Gasteiger partial charge on any atom is 0.162 e. The molecule has 1 saturated heterocycles. The Morgan fingerprint density at radius 3 is 2.10 bits per heavy atom. The van der Waals surface area contributed by atoms with Crippen molar-refractivity contribution in [2.45, 2.75) is 26.2 Å². The zero-order valence-corrected chi connectivity index (χ0v) is 19.5. The highest BCUT2D eigenvalue weighted by Crippen LogP contribution is 2.37. The van der Waals surface area contributed by atoms with E-state index < -0.39 is 0 Å². The minimum atomic E-state index is -0.171. The molecule has 0 bridgehead atoms. The van der Waals surface area contributed by atoms with Gasteiger partial charge in [-0.25, -0.2) is 9.97 Å². The molecule has 4 rings (SSSR count). The summed E-state index contributed by atoms with van der Waals surface area (Å²) in [5, 5.41) is 1.76. The molecular formula is C24H29ClN4O2. The molecule has 1 fully saturated rings. The van der Waals surface area contributed by atoms with Gasteiger partial charge in [-0.3, -0.25) is 0 Å². The van der Waals surface area contributed by atoms with Gasteiger partial charge in [0, 0.05) is 43.0 Å². The average molecular weight is 441 g/mol. The first-order valence-electron chi connectivity index (χ1n) is 10.5. The van der Waals surface area contributed by atoms with E-state index in [1.54, 1.807) is 14.2 Å². The van der Waals surface area contributed by atoms with Crippen LogP contribution in [0.15, 0.2) is 36.4 Å². The molecule has 0 unspecified atom stereocenters. The maximum atomic E-state index is 6.42. The van der Waals surface area contributed by atoms with E-state index in [2.05, 4.69) is 36.6 Å². The van der Waals surface area contributed by atoms with Crippen LogP contribution in [0.2, 0.25) is 5.02 Å². The molecule has 0 spiro atoms. The molecule has 0 saturated carbocycles. The van der Waals surface area contributed by atoms with Gasteiger partial charge in [0.2, 0.25) is 0 Å². The van der Waals surface area contributed by atoms with Crippen molar-refractivity contribution < 1.29 is 9.47 Å². The molecule has 0 N–H and O–H groups in total. The van der Waals surface area contributed by atoms with Crippen molar-refractivity contribution in [1.82, 2.24) is 9.97 Å². The number of benzene rings is 2. The second-order valence-electron chi connectivity index (χ2n) is 8.77. The molecule has 1 aliphatic rings. The van der Waals surface area contributed by atoms with Gasteiger partial charge in [-0.15, -0.1) is 0 Å². The predicted octanol–water partition coefficient (Wildman–Crippen LogP) is 4.92. The van der Waals surface area contributed by atoms with Gasteiger partial charge in [-0.2, -0.15) is 0 Å². The van der Waals surface area contributed by atoms with E-state index in [9.17, 15) is 0 Å². The molecule has 1 aromatic heterocycles. The first-order chi connectivity index (χ1) is 14.8. The number of rotatable bonds is 4. The van der Waals surface area contributed by atoms with Crippen LogP contribution in [0.1, 0.15) is 26.6 Å². The zero-order chi connectivity index (χ0) is 22.2. The largest absolute Gasteiger partial charge is 0.493 e. The van der Waals surface area contributed by atoms with E-state index in [4.69, 9.17) is 31.0 Å². The maximum absolute atomic E-state index is 6.42. The van der Waals surface area contributed by atoms with Gasteiger partial charge in [-0.1, -0.05) is 44.5 Å². The molecule has 0 aliphatic carbocycles. The van der Waals surface area contributed by atoms with E-state index >= 15 is 0 Å². The van der Waals surface area contributed by atoms with Crippen molar-refractivity contribution in [3.05, 3.63) is 47.2 Å². The standard InChI is InChI=1S/C24H29ClN4O2/c1-24(2,3)23-26-18-15-21(31-5)20(30-4)14-16(18)22(27-23)29-12-10-28(11-13-29)19-9-7-6-8-17(19)25/h6-9,14-15H,10-13H2,1-5H3. The number of nitrogens with zero attached hydrogens (tertiary/aromatic N) is 4. The normalized spacial score (nSPS) is 14.8. The van der Waals surface area contributed by atoms with Gasteiger partial charge in [0.1, 0.15) is 11.6 Å². The fraction of sp³-hybridized carbons (Fsp3) is 0.417. The number of aromatic nitrogens is 2. The Bertz CT molecular complexity index is 1090. The van der Waals surface area contributed by atoms with Gasteiger partial charge in [0.25, 0.3) is 0 Å². The number of halogens is 1. The summed E-state index contributed by atoms with van der Waals surface area (Å²) in [6, 6.07) is 11.9. The summed E-state index contributed by atoms with van der Waals surface area (Å²) < 4.78 is 11.1. The van der Waals surface area contributed by atoms with E-state index in [1.807, 2.05) is 30.3 Å². The Labute approximate surface area is 188 Å². The van der Waals surface area contributed by atoms with Crippen molar-refractivity contribution in [2.75, 3.05) is 50.2 Å². The van der Waals surface area contributed by atoms with Crippen LogP contribution in [-0.2, 0) is 5.41 Å².